The SMILES string of the molecule is CCCC(C(=O)N(C)C(CC)CSC)C(N)=NO. The van der Waals surface area contributed by atoms with Crippen molar-refractivity contribution in [2.45, 2.75) is 39.2 Å². The molecule has 0 radical (unpaired) electrons. The normalized spacial score (nSPS) is 15.2. The Morgan fingerprint density at radius 3 is 2.50 bits per heavy atom. The minimum Gasteiger partial charge on any atom is -0.409 e. The van der Waals surface area contributed by atoms with Gasteiger partial charge in [-0.2, -0.15) is 11.8 Å². The number of carbonyl (C=O) groups excluding carboxylic acids is 1. The number of thioether (sulfide) groups is 1. The zero-order valence-electron chi connectivity index (χ0n) is 11.7. The standard InChI is InChI=1S/C12H25N3O2S/c1-5-7-10(11(13)14-17)12(16)15(3)9(6-2)8-18-4/h9-10,17H,5-8H2,1-4H3,(H2,13,14). The molecule has 0 rings (SSSR count). The second-order valence-corrected chi connectivity index (χ2v) is 5.24. The van der Waals surface area contributed by atoms with Crippen molar-refractivity contribution in [3.05, 3.63) is 0 Å². The number of hydrogen-bond acceptors (Lipinski definition) is 4. The lowest BCUT2D eigenvalue weighted by Gasteiger charge is -2.30. The Morgan fingerprint density at radius 1 is 1.50 bits per heavy atom. The molecule has 2 atom stereocenters. The molecule has 0 heterocycles. The number of nitrogens with two attached hydrogens (primary N) is 1. The highest BCUT2D eigenvalue weighted by molar-refractivity contribution is 7.98. The number of carbonyl (C=O) groups is 1. The second kappa shape index (κ2) is 9.08. The molecule has 2 unspecified atom stereocenters. The van der Waals surface area contributed by atoms with Gasteiger partial charge in [0, 0.05) is 18.8 Å². The van der Waals surface area contributed by atoms with Crippen molar-refractivity contribution in [1.29, 1.82) is 0 Å². The molecular formula is C12H25N3O2S. The molecule has 18 heavy (non-hydrogen) atoms. The molecule has 0 aliphatic carbocycles. The van der Waals surface area contributed by atoms with Gasteiger partial charge in [0.25, 0.3) is 0 Å². The Hall–Kier alpha value is -0.910. The number of rotatable bonds is 8. The summed E-state index contributed by atoms with van der Waals surface area (Å²) in [6, 6.07) is 0.193. The molecule has 0 fully saturated rings. The molecule has 0 aromatic rings. The van der Waals surface area contributed by atoms with Crippen LogP contribution in [-0.4, -0.2) is 46.9 Å². The zero-order valence-corrected chi connectivity index (χ0v) is 12.5. The topological polar surface area (TPSA) is 78.9 Å². The lowest BCUT2D eigenvalue weighted by Crippen LogP contribution is -2.45. The van der Waals surface area contributed by atoms with E-state index in [1.165, 1.54) is 0 Å². The third-order valence-electron chi connectivity index (χ3n) is 3.07. The summed E-state index contributed by atoms with van der Waals surface area (Å²) < 4.78 is 0. The van der Waals surface area contributed by atoms with E-state index in [1.54, 1.807) is 23.7 Å². The monoisotopic (exact) mass is 275 g/mol. The van der Waals surface area contributed by atoms with Crippen molar-refractivity contribution in [2.75, 3.05) is 19.1 Å². The van der Waals surface area contributed by atoms with E-state index in [4.69, 9.17) is 10.9 Å². The highest BCUT2D eigenvalue weighted by Gasteiger charge is 2.28. The smallest absolute Gasteiger partial charge is 0.233 e. The lowest BCUT2D eigenvalue weighted by molar-refractivity contribution is -0.134. The molecule has 0 aliphatic heterocycles. The van der Waals surface area contributed by atoms with Crippen LogP contribution in [0.1, 0.15) is 33.1 Å². The molecule has 0 saturated heterocycles. The predicted octanol–water partition coefficient (Wildman–Crippen LogP) is 1.75. The van der Waals surface area contributed by atoms with Gasteiger partial charge in [-0.1, -0.05) is 25.4 Å². The van der Waals surface area contributed by atoms with Crippen molar-refractivity contribution in [1.82, 2.24) is 4.90 Å². The molecule has 106 valence electrons. The Morgan fingerprint density at radius 2 is 2.11 bits per heavy atom. The maximum Gasteiger partial charge on any atom is 0.233 e. The largest absolute Gasteiger partial charge is 0.409 e. The molecule has 0 aliphatic rings. The van der Waals surface area contributed by atoms with Crippen LogP contribution in [0.15, 0.2) is 5.16 Å². The number of amidine groups is 1. The summed E-state index contributed by atoms with van der Waals surface area (Å²) in [7, 11) is 1.79. The molecule has 3 N–H and O–H groups in total. The van der Waals surface area contributed by atoms with Crippen LogP contribution in [0.2, 0.25) is 0 Å². The van der Waals surface area contributed by atoms with Crippen molar-refractivity contribution >= 4 is 23.5 Å². The fourth-order valence-electron chi connectivity index (χ4n) is 1.88. The predicted molar refractivity (Wildman–Crippen MR) is 77.0 cm³/mol. The van der Waals surface area contributed by atoms with E-state index in [2.05, 4.69) is 12.1 Å². The summed E-state index contributed by atoms with van der Waals surface area (Å²) in [6.45, 7) is 4.03. The average molecular weight is 275 g/mol. The van der Waals surface area contributed by atoms with Crippen LogP contribution in [0.4, 0.5) is 0 Å². The fraction of sp³-hybridized carbons (Fsp3) is 0.833. The number of oxime groups is 1. The van der Waals surface area contributed by atoms with Crippen LogP contribution < -0.4 is 5.73 Å². The van der Waals surface area contributed by atoms with Crippen LogP contribution in [-0.2, 0) is 4.79 Å². The lowest BCUT2D eigenvalue weighted by atomic mass is 10.00. The molecule has 5 nitrogen and oxygen atoms in total. The molecule has 0 aromatic heterocycles. The summed E-state index contributed by atoms with van der Waals surface area (Å²) in [5.41, 5.74) is 5.60. The first-order valence-corrected chi connectivity index (χ1v) is 7.65. The summed E-state index contributed by atoms with van der Waals surface area (Å²) in [4.78, 5) is 14.1. The van der Waals surface area contributed by atoms with E-state index in [1.807, 2.05) is 13.2 Å². The minimum atomic E-state index is -0.513. The van der Waals surface area contributed by atoms with Crippen LogP contribution in [0, 0.1) is 5.92 Å². The van der Waals surface area contributed by atoms with E-state index in [0.717, 1.165) is 18.6 Å². The number of nitrogens with zero attached hydrogens (tertiary/aromatic N) is 2. The van der Waals surface area contributed by atoms with Gasteiger partial charge in [0.15, 0.2) is 5.84 Å². The molecule has 0 aromatic carbocycles. The van der Waals surface area contributed by atoms with E-state index in [9.17, 15) is 4.79 Å². The van der Waals surface area contributed by atoms with Gasteiger partial charge in [-0.3, -0.25) is 4.79 Å². The molecule has 6 heteroatoms. The van der Waals surface area contributed by atoms with E-state index >= 15 is 0 Å². The summed E-state index contributed by atoms with van der Waals surface area (Å²) in [6.07, 6.45) is 4.35. The highest BCUT2D eigenvalue weighted by Crippen LogP contribution is 2.15. The van der Waals surface area contributed by atoms with E-state index in [-0.39, 0.29) is 17.8 Å². The van der Waals surface area contributed by atoms with Crippen molar-refractivity contribution in [2.24, 2.45) is 16.8 Å². The third-order valence-corrected chi connectivity index (χ3v) is 3.79. The summed E-state index contributed by atoms with van der Waals surface area (Å²) >= 11 is 1.71. The van der Waals surface area contributed by atoms with Crippen molar-refractivity contribution in [3.8, 4) is 0 Å². The van der Waals surface area contributed by atoms with Crippen LogP contribution >= 0.6 is 11.8 Å². The highest BCUT2D eigenvalue weighted by atomic mass is 32.2. The quantitative estimate of drug-likeness (QED) is 0.306. The first kappa shape index (κ1) is 17.1. The molecule has 0 saturated carbocycles. The summed E-state index contributed by atoms with van der Waals surface area (Å²) in [5, 5.41) is 11.7. The molecule has 0 bridgehead atoms. The van der Waals surface area contributed by atoms with Gasteiger partial charge >= 0.3 is 0 Å². The molecule has 1 amide bonds. The van der Waals surface area contributed by atoms with Crippen molar-refractivity contribution < 1.29 is 10.0 Å². The first-order valence-electron chi connectivity index (χ1n) is 6.26. The first-order chi connectivity index (χ1) is 8.53. The van der Waals surface area contributed by atoms with E-state index < -0.39 is 5.92 Å². The van der Waals surface area contributed by atoms with E-state index in [0.29, 0.717) is 6.42 Å². The van der Waals surface area contributed by atoms with Gasteiger partial charge < -0.3 is 15.8 Å². The van der Waals surface area contributed by atoms with Gasteiger partial charge in [-0.15, -0.1) is 0 Å². The van der Waals surface area contributed by atoms with Crippen molar-refractivity contribution in [3.63, 3.8) is 0 Å². The number of amides is 1. The second-order valence-electron chi connectivity index (χ2n) is 4.33. The van der Waals surface area contributed by atoms with Gasteiger partial charge in [0.05, 0.1) is 5.92 Å². The third kappa shape index (κ3) is 4.76. The van der Waals surface area contributed by atoms with Crippen LogP contribution in [0.5, 0.6) is 0 Å². The fourth-order valence-corrected chi connectivity index (χ4v) is 2.72. The Bertz CT molecular complexity index is 284. The van der Waals surface area contributed by atoms with Gasteiger partial charge in [-0.25, -0.2) is 0 Å². The van der Waals surface area contributed by atoms with Gasteiger partial charge in [0.2, 0.25) is 5.91 Å². The Kier molecular flexibility index (Phi) is 8.62. The Balaban J connectivity index is 4.84. The molecule has 0 spiro atoms. The minimum absolute atomic E-state index is 0.00713. The van der Waals surface area contributed by atoms with Gasteiger partial charge in [-0.05, 0) is 19.1 Å². The summed E-state index contributed by atoms with van der Waals surface area (Å²) in [5.74, 6) is 0.329. The number of hydrogen-bond donors (Lipinski definition) is 2. The molecular weight excluding hydrogens is 250 g/mol. The van der Waals surface area contributed by atoms with Crippen LogP contribution in [0.25, 0.3) is 0 Å². The Labute approximate surface area is 114 Å². The average Bonchev–Trinajstić information content (AvgIpc) is 2.39. The van der Waals surface area contributed by atoms with Crippen LogP contribution in [0.3, 0.4) is 0 Å². The van der Waals surface area contributed by atoms with Gasteiger partial charge in [0.1, 0.15) is 0 Å². The zero-order chi connectivity index (χ0) is 14.1. The maximum absolute atomic E-state index is 12.4. The maximum atomic E-state index is 12.4.